The van der Waals surface area contributed by atoms with Crippen LogP contribution in [-0.4, -0.2) is 14.5 Å². The summed E-state index contributed by atoms with van der Waals surface area (Å²) in [5.41, 5.74) is 8.06. The second-order valence-corrected chi connectivity index (χ2v) is 4.08. The maximum absolute atomic E-state index is 13.2. The Balaban J connectivity index is 2.25. The number of pyridine rings is 1. The Morgan fingerprint density at radius 1 is 1.28 bits per heavy atom. The number of nitrogen functional groups attached to an aromatic ring is 1. The molecular weight excluding hydrogens is 231 g/mol. The normalized spacial score (nSPS) is 11.0. The van der Waals surface area contributed by atoms with Gasteiger partial charge in [0.25, 0.3) is 0 Å². The number of anilines is 1. The number of rotatable bonds is 1. The van der Waals surface area contributed by atoms with Crippen molar-refractivity contribution in [3.63, 3.8) is 0 Å². The summed E-state index contributed by atoms with van der Waals surface area (Å²) in [6.07, 6.45) is 1.72. The Morgan fingerprint density at radius 3 is 2.83 bits per heavy atom. The van der Waals surface area contributed by atoms with E-state index in [1.807, 2.05) is 23.7 Å². The van der Waals surface area contributed by atoms with Crippen LogP contribution < -0.4 is 5.73 Å². The number of hydrogen-bond donors (Lipinski definition) is 1. The molecule has 0 spiro atoms. The van der Waals surface area contributed by atoms with Gasteiger partial charge in [-0.2, -0.15) is 0 Å². The molecular formula is C13H11FN4. The fraction of sp³-hybridized carbons (Fsp3) is 0.0769. The third-order valence-corrected chi connectivity index (χ3v) is 2.88. The van der Waals surface area contributed by atoms with E-state index in [9.17, 15) is 4.39 Å². The third kappa shape index (κ3) is 1.52. The minimum Gasteiger partial charge on any atom is -0.396 e. The first kappa shape index (κ1) is 10.7. The molecule has 90 valence electrons. The lowest BCUT2D eigenvalue weighted by molar-refractivity contribution is 0.632. The highest BCUT2D eigenvalue weighted by Gasteiger charge is 2.11. The van der Waals surface area contributed by atoms with Gasteiger partial charge in [-0.05, 0) is 30.3 Å². The highest BCUT2D eigenvalue weighted by Crippen LogP contribution is 2.24. The predicted molar refractivity (Wildman–Crippen MR) is 68.3 cm³/mol. The van der Waals surface area contributed by atoms with E-state index >= 15 is 0 Å². The van der Waals surface area contributed by atoms with Gasteiger partial charge in [0.15, 0.2) is 5.65 Å². The molecule has 0 saturated carbocycles. The molecule has 4 nitrogen and oxygen atoms in total. The quantitative estimate of drug-likeness (QED) is 0.666. The Labute approximate surface area is 103 Å². The fourth-order valence-corrected chi connectivity index (χ4v) is 1.96. The van der Waals surface area contributed by atoms with Crippen LogP contribution in [0.4, 0.5) is 10.1 Å². The number of imidazole rings is 1. The molecule has 18 heavy (non-hydrogen) atoms. The van der Waals surface area contributed by atoms with Gasteiger partial charge in [-0.15, -0.1) is 0 Å². The molecule has 0 fully saturated rings. The van der Waals surface area contributed by atoms with Crippen molar-refractivity contribution in [3.05, 3.63) is 42.3 Å². The first-order valence-electron chi connectivity index (χ1n) is 5.49. The van der Waals surface area contributed by atoms with Crippen LogP contribution in [0.15, 0.2) is 36.5 Å². The van der Waals surface area contributed by atoms with Crippen molar-refractivity contribution in [3.8, 4) is 11.4 Å². The van der Waals surface area contributed by atoms with E-state index in [2.05, 4.69) is 9.97 Å². The van der Waals surface area contributed by atoms with Gasteiger partial charge in [0, 0.05) is 18.8 Å². The SMILES string of the molecule is Cn1c(-c2ccc(F)c(N)c2)nc2cccnc21. The van der Waals surface area contributed by atoms with Crippen LogP contribution in [-0.2, 0) is 7.05 Å². The van der Waals surface area contributed by atoms with Crippen LogP contribution in [0.1, 0.15) is 0 Å². The van der Waals surface area contributed by atoms with Gasteiger partial charge in [0.2, 0.25) is 0 Å². The van der Waals surface area contributed by atoms with Gasteiger partial charge < -0.3 is 10.3 Å². The molecule has 0 aliphatic carbocycles. The molecule has 0 saturated heterocycles. The Hall–Kier alpha value is -2.43. The number of halogens is 1. The van der Waals surface area contributed by atoms with E-state index in [0.29, 0.717) is 0 Å². The molecule has 2 aromatic heterocycles. The number of hydrogen-bond acceptors (Lipinski definition) is 3. The Kier molecular flexibility index (Phi) is 2.26. The number of nitrogens with two attached hydrogens (primary N) is 1. The second-order valence-electron chi connectivity index (χ2n) is 4.08. The molecule has 0 amide bonds. The smallest absolute Gasteiger partial charge is 0.159 e. The van der Waals surface area contributed by atoms with Gasteiger partial charge >= 0.3 is 0 Å². The van der Waals surface area contributed by atoms with Gasteiger partial charge in [-0.25, -0.2) is 14.4 Å². The van der Waals surface area contributed by atoms with Crippen molar-refractivity contribution in [2.45, 2.75) is 0 Å². The van der Waals surface area contributed by atoms with Crippen LogP contribution in [0.5, 0.6) is 0 Å². The molecule has 0 atom stereocenters. The largest absolute Gasteiger partial charge is 0.396 e. The van der Waals surface area contributed by atoms with Crippen LogP contribution in [0, 0.1) is 5.82 Å². The lowest BCUT2D eigenvalue weighted by Crippen LogP contribution is -1.96. The maximum Gasteiger partial charge on any atom is 0.159 e. The minimum atomic E-state index is -0.421. The summed E-state index contributed by atoms with van der Waals surface area (Å²) >= 11 is 0. The van der Waals surface area contributed by atoms with E-state index < -0.39 is 5.82 Å². The summed E-state index contributed by atoms with van der Waals surface area (Å²) in [5, 5.41) is 0. The van der Waals surface area contributed by atoms with Gasteiger partial charge in [-0.3, -0.25) is 0 Å². The monoisotopic (exact) mass is 242 g/mol. The second kappa shape index (κ2) is 3.80. The van der Waals surface area contributed by atoms with E-state index in [0.717, 1.165) is 22.6 Å². The average molecular weight is 242 g/mol. The molecule has 0 bridgehead atoms. The van der Waals surface area contributed by atoms with Gasteiger partial charge in [0.05, 0.1) is 5.69 Å². The third-order valence-electron chi connectivity index (χ3n) is 2.88. The number of aromatic nitrogens is 3. The zero-order valence-corrected chi connectivity index (χ0v) is 9.76. The van der Waals surface area contributed by atoms with Crippen molar-refractivity contribution >= 4 is 16.9 Å². The summed E-state index contributed by atoms with van der Waals surface area (Å²) in [6, 6.07) is 8.30. The maximum atomic E-state index is 13.2. The van der Waals surface area contributed by atoms with Gasteiger partial charge in [0.1, 0.15) is 17.2 Å². The van der Waals surface area contributed by atoms with Crippen molar-refractivity contribution in [2.24, 2.45) is 7.05 Å². The average Bonchev–Trinajstić information content (AvgIpc) is 2.71. The van der Waals surface area contributed by atoms with Crippen molar-refractivity contribution < 1.29 is 4.39 Å². The molecule has 5 heteroatoms. The van der Waals surface area contributed by atoms with Crippen LogP contribution in [0.2, 0.25) is 0 Å². The lowest BCUT2D eigenvalue weighted by Gasteiger charge is -2.03. The zero-order chi connectivity index (χ0) is 12.7. The van der Waals surface area contributed by atoms with Gasteiger partial charge in [-0.1, -0.05) is 0 Å². The first-order chi connectivity index (χ1) is 8.66. The first-order valence-corrected chi connectivity index (χ1v) is 5.49. The van der Waals surface area contributed by atoms with Crippen molar-refractivity contribution in [1.82, 2.24) is 14.5 Å². The zero-order valence-electron chi connectivity index (χ0n) is 9.76. The standard InChI is InChI=1S/C13H11FN4/c1-18-12(8-4-5-9(14)10(15)7-8)17-11-3-2-6-16-13(11)18/h2-7H,15H2,1H3. The number of benzene rings is 1. The predicted octanol–water partition coefficient (Wildman–Crippen LogP) is 2.36. The van der Waals surface area contributed by atoms with Crippen LogP contribution >= 0.6 is 0 Å². The van der Waals surface area contributed by atoms with Crippen molar-refractivity contribution in [1.29, 1.82) is 0 Å². The summed E-state index contributed by atoms with van der Waals surface area (Å²) in [7, 11) is 1.87. The highest BCUT2D eigenvalue weighted by molar-refractivity contribution is 5.77. The molecule has 0 aliphatic heterocycles. The molecule has 0 unspecified atom stereocenters. The lowest BCUT2D eigenvalue weighted by atomic mass is 10.2. The molecule has 1 aromatic carbocycles. The highest BCUT2D eigenvalue weighted by atomic mass is 19.1. The van der Waals surface area contributed by atoms with Crippen molar-refractivity contribution in [2.75, 3.05) is 5.73 Å². The number of nitrogens with zero attached hydrogens (tertiary/aromatic N) is 3. The number of fused-ring (bicyclic) bond motifs is 1. The van der Waals surface area contributed by atoms with E-state index in [1.165, 1.54) is 6.07 Å². The summed E-state index contributed by atoms with van der Waals surface area (Å²) in [4.78, 5) is 8.74. The number of aryl methyl sites for hydroxylation is 1. The van der Waals surface area contributed by atoms with E-state index in [-0.39, 0.29) is 5.69 Å². The molecule has 3 rings (SSSR count). The van der Waals surface area contributed by atoms with E-state index in [1.54, 1.807) is 18.3 Å². The van der Waals surface area contributed by atoms with Crippen LogP contribution in [0.25, 0.3) is 22.6 Å². The Bertz CT molecular complexity index is 733. The molecule has 0 aliphatic rings. The fourth-order valence-electron chi connectivity index (χ4n) is 1.96. The molecule has 2 heterocycles. The molecule has 0 radical (unpaired) electrons. The summed E-state index contributed by atoms with van der Waals surface area (Å²) in [6.45, 7) is 0. The summed E-state index contributed by atoms with van der Waals surface area (Å²) < 4.78 is 15.0. The molecule has 2 N–H and O–H groups in total. The van der Waals surface area contributed by atoms with Crippen LogP contribution in [0.3, 0.4) is 0 Å². The summed E-state index contributed by atoms with van der Waals surface area (Å²) in [5.74, 6) is 0.297. The minimum absolute atomic E-state index is 0.118. The molecule has 3 aromatic rings. The van der Waals surface area contributed by atoms with E-state index in [4.69, 9.17) is 5.73 Å². The Morgan fingerprint density at radius 2 is 2.11 bits per heavy atom. The topological polar surface area (TPSA) is 56.7 Å².